The first-order chi connectivity index (χ1) is 6.45. The molecule has 0 aliphatic rings. The van der Waals surface area contributed by atoms with Crippen molar-refractivity contribution < 1.29 is 4.92 Å². The number of halogens is 2. The molecule has 0 unspecified atom stereocenters. The summed E-state index contributed by atoms with van der Waals surface area (Å²) in [4.78, 5) is 12.7. The van der Waals surface area contributed by atoms with Crippen LogP contribution in [0.4, 0.5) is 5.82 Å². The van der Waals surface area contributed by atoms with Crippen LogP contribution in [0.25, 0.3) is 0 Å². The van der Waals surface area contributed by atoms with Crippen molar-refractivity contribution in [1.82, 2.24) is 9.55 Å². The number of alkyl halides is 2. The van der Waals surface area contributed by atoms with Gasteiger partial charge in [-0.25, -0.2) is 0 Å². The topological polar surface area (TPSA) is 61.0 Å². The van der Waals surface area contributed by atoms with E-state index >= 15 is 0 Å². The minimum Gasteiger partial charge on any atom is -0.358 e. The maximum atomic E-state index is 10.6. The number of hydrogen-bond donors (Lipinski definition) is 0. The van der Waals surface area contributed by atoms with Gasteiger partial charge in [-0.1, -0.05) is 23.2 Å². The van der Waals surface area contributed by atoms with E-state index in [1.54, 1.807) is 4.57 Å². The molecule has 7 heteroatoms. The van der Waals surface area contributed by atoms with E-state index in [2.05, 4.69) is 4.98 Å². The molecule has 1 heterocycles. The van der Waals surface area contributed by atoms with Crippen LogP contribution in [-0.2, 0) is 0 Å². The van der Waals surface area contributed by atoms with Gasteiger partial charge in [0, 0.05) is 6.04 Å². The van der Waals surface area contributed by atoms with E-state index < -0.39 is 9.76 Å². The smallest absolute Gasteiger partial charge is 0.358 e. The summed E-state index contributed by atoms with van der Waals surface area (Å²) in [6.07, 6.45) is 1.37. The first kappa shape index (κ1) is 11.3. The highest BCUT2D eigenvalue weighted by Crippen LogP contribution is 2.33. The van der Waals surface area contributed by atoms with Gasteiger partial charge >= 0.3 is 5.82 Å². The van der Waals surface area contributed by atoms with Crippen molar-refractivity contribution >= 4 is 29.0 Å². The predicted molar refractivity (Wildman–Crippen MR) is 53.7 cm³/mol. The molecule has 0 aliphatic carbocycles. The number of nitrogens with zero attached hydrogens (tertiary/aromatic N) is 3. The molecule has 0 fully saturated rings. The molecule has 0 N–H and O–H groups in total. The average molecular weight is 238 g/mol. The fourth-order valence-corrected chi connectivity index (χ4v) is 1.54. The van der Waals surface area contributed by atoms with Crippen LogP contribution in [0, 0.1) is 10.1 Å². The van der Waals surface area contributed by atoms with Crippen LogP contribution in [0.3, 0.4) is 0 Å². The van der Waals surface area contributed by atoms with Crippen molar-refractivity contribution in [2.24, 2.45) is 0 Å². The number of hydrogen-bond acceptors (Lipinski definition) is 3. The Morgan fingerprint density at radius 2 is 2.14 bits per heavy atom. The molecule has 0 amide bonds. The van der Waals surface area contributed by atoms with Gasteiger partial charge in [0.1, 0.15) is 0 Å². The highest BCUT2D eigenvalue weighted by Gasteiger charge is 2.27. The molecule has 0 aromatic carbocycles. The number of rotatable bonds is 3. The van der Waals surface area contributed by atoms with Gasteiger partial charge in [0.05, 0.1) is 0 Å². The maximum Gasteiger partial charge on any atom is 0.387 e. The first-order valence-electron chi connectivity index (χ1n) is 3.94. The van der Waals surface area contributed by atoms with Gasteiger partial charge in [-0.2, -0.15) is 0 Å². The van der Waals surface area contributed by atoms with Gasteiger partial charge in [-0.05, 0) is 23.8 Å². The second-order valence-electron chi connectivity index (χ2n) is 3.01. The monoisotopic (exact) mass is 237 g/mol. The minimum absolute atomic E-state index is 0.0335. The van der Waals surface area contributed by atoms with Crippen molar-refractivity contribution in [3.63, 3.8) is 0 Å². The highest BCUT2D eigenvalue weighted by molar-refractivity contribution is 6.44. The van der Waals surface area contributed by atoms with E-state index in [1.165, 1.54) is 6.33 Å². The fraction of sp³-hybridized carbons (Fsp3) is 0.571. The Labute approximate surface area is 90.8 Å². The van der Waals surface area contributed by atoms with Crippen LogP contribution in [0.5, 0.6) is 0 Å². The molecule has 0 saturated carbocycles. The molecule has 0 bridgehead atoms. The minimum atomic E-state index is -0.944. The summed E-state index contributed by atoms with van der Waals surface area (Å²) in [6.45, 7) is 3.73. The molecule has 1 rings (SSSR count). The van der Waals surface area contributed by atoms with Crippen LogP contribution in [0.15, 0.2) is 6.33 Å². The van der Waals surface area contributed by atoms with Crippen molar-refractivity contribution in [3.8, 4) is 0 Å². The molecule has 0 atom stereocenters. The van der Waals surface area contributed by atoms with Crippen molar-refractivity contribution in [2.45, 2.75) is 24.7 Å². The normalized spacial score (nSPS) is 11.3. The molecular formula is C7H9Cl2N3O2. The molecule has 14 heavy (non-hydrogen) atoms. The highest BCUT2D eigenvalue weighted by atomic mass is 35.5. The summed E-state index contributed by atoms with van der Waals surface area (Å²) < 4.78 is 1.59. The van der Waals surface area contributed by atoms with Gasteiger partial charge in [-0.15, -0.1) is 0 Å². The Bertz CT molecular complexity index is 349. The van der Waals surface area contributed by atoms with E-state index in [1.807, 2.05) is 13.8 Å². The van der Waals surface area contributed by atoms with Crippen LogP contribution in [0.2, 0.25) is 0 Å². The Morgan fingerprint density at radius 1 is 1.57 bits per heavy atom. The van der Waals surface area contributed by atoms with Gasteiger partial charge in [-0.3, -0.25) is 0 Å². The van der Waals surface area contributed by atoms with Crippen LogP contribution in [-0.4, -0.2) is 14.5 Å². The van der Waals surface area contributed by atoms with Crippen LogP contribution < -0.4 is 0 Å². The summed E-state index contributed by atoms with van der Waals surface area (Å²) in [5.74, 6) is -0.284. The molecule has 0 aliphatic heterocycles. The molecule has 0 spiro atoms. The third kappa shape index (κ3) is 1.99. The van der Waals surface area contributed by atoms with E-state index in [4.69, 9.17) is 23.2 Å². The fourth-order valence-electron chi connectivity index (χ4n) is 1.12. The SMILES string of the molecule is CC(C)n1cnc([N+](=O)[O-])c1C(Cl)Cl. The Hall–Kier alpha value is -0.810. The van der Waals surface area contributed by atoms with Gasteiger partial charge in [0.25, 0.3) is 0 Å². The zero-order chi connectivity index (χ0) is 10.9. The quantitative estimate of drug-likeness (QED) is 0.462. The third-order valence-electron chi connectivity index (χ3n) is 1.75. The number of aromatic nitrogens is 2. The predicted octanol–water partition coefficient (Wildman–Crippen LogP) is 2.85. The number of nitro groups is 1. The molecule has 78 valence electrons. The summed E-state index contributed by atoms with van der Waals surface area (Å²) in [7, 11) is 0. The van der Waals surface area contributed by atoms with Gasteiger partial charge < -0.3 is 14.7 Å². The summed E-state index contributed by atoms with van der Waals surface area (Å²) in [5.41, 5.74) is 0.230. The Balaban J connectivity index is 3.27. The molecule has 1 aromatic heterocycles. The second-order valence-corrected chi connectivity index (χ2v) is 4.11. The third-order valence-corrected chi connectivity index (χ3v) is 2.16. The summed E-state index contributed by atoms with van der Waals surface area (Å²) in [5, 5.41) is 10.6. The standard InChI is InChI=1S/C7H9Cl2N3O2/c1-4(2)11-3-10-7(12(13)14)5(11)6(8)9/h3-4,6H,1-2H3. The molecule has 0 saturated heterocycles. The average Bonchev–Trinajstić information content (AvgIpc) is 2.46. The van der Waals surface area contributed by atoms with Crippen molar-refractivity contribution in [1.29, 1.82) is 0 Å². The zero-order valence-electron chi connectivity index (χ0n) is 7.65. The lowest BCUT2D eigenvalue weighted by Gasteiger charge is -2.09. The van der Waals surface area contributed by atoms with E-state index in [9.17, 15) is 10.1 Å². The summed E-state index contributed by atoms with van der Waals surface area (Å²) in [6, 6.07) is 0.0335. The second kappa shape index (κ2) is 4.14. The van der Waals surface area contributed by atoms with Crippen LogP contribution >= 0.6 is 23.2 Å². The molecule has 0 radical (unpaired) electrons. The lowest BCUT2D eigenvalue weighted by molar-refractivity contribution is -0.390. The molecule has 1 aromatic rings. The largest absolute Gasteiger partial charge is 0.387 e. The lowest BCUT2D eigenvalue weighted by atomic mass is 10.3. The Kier molecular flexibility index (Phi) is 3.34. The Morgan fingerprint density at radius 3 is 2.50 bits per heavy atom. The van der Waals surface area contributed by atoms with E-state index in [0.717, 1.165) is 0 Å². The van der Waals surface area contributed by atoms with E-state index in [0.29, 0.717) is 0 Å². The maximum absolute atomic E-state index is 10.6. The van der Waals surface area contributed by atoms with Gasteiger partial charge in [0.15, 0.2) is 10.5 Å². The van der Waals surface area contributed by atoms with Crippen molar-refractivity contribution in [2.75, 3.05) is 0 Å². The van der Waals surface area contributed by atoms with Crippen molar-refractivity contribution in [3.05, 3.63) is 22.1 Å². The number of imidazole rings is 1. The summed E-state index contributed by atoms with van der Waals surface area (Å²) >= 11 is 11.3. The van der Waals surface area contributed by atoms with Crippen LogP contribution in [0.1, 0.15) is 30.4 Å². The van der Waals surface area contributed by atoms with E-state index in [-0.39, 0.29) is 17.6 Å². The zero-order valence-corrected chi connectivity index (χ0v) is 9.16. The molecular weight excluding hydrogens is 229 g/mol. The lowest BCUT2D eigenvalue weighted by Crippen LogP contribution is -2.05. The first-order valence-corrected chi connectivity index (χ1v) is 4.81. The van der Waals surface area contributed by atoms with Gasteiger partial charge in [0.2, 0.25) is 6.33 Å². The molecule has 5 nitrogen and oxygen atoms in total.